The van der Waals surface area contributed by atoms with Crippen LogP contribution in [0.3, 0.4) is 0 Å². The quantitative estimate of drug-likeness (QED) is 0.722. The van der Waals surface area contributed by atoms with Crippen molar-refractivity contribution in [3.05, 3.63) is 36.0 Å². The van der Waals surface area contributed by atoms with Crippen LogP contribution in [0.15, 0.2) is 30.3 Å². The number of aromatic nitrogens is 2. The summed E-state index contributed by atoms with van der Waals surface area (Å²) in [7, 11) is 6.34. The summed E-state index contributed by atoms with van der Waals surface area (Å²) in [4.78, 5) is 9.11. The molecular weight excluding hydrogens is 334 g/mol. The number of benzene rings is 2. The van der Waals surface area contributed by atoms with Gasteiger partial charge in [0.05, 0.1) is 39.6 Å². The van der Waals surface area contributed by atoms with Gasteiger partial charge in [0.2, 0.25) is 11.7 Å². The third-order valence-corrected chi connectivity index (χ3v) is 4.02. The average molecular weight is 355 g/mol. The van der Waals surface area contributed by atoms with E-state index < -0.39 is 0 Å². The minimum Gasteiger partial charge on any atom is -0.497 e. The summed E-state index contributed by atoms with van der Waals surface area (Å²) in [5.41, 5.74) is 2.39. The van der Waals surface area contributed by atoms with Gasteiger partial charge in [-0.1, -0.05) is 0 Å². The first-order valence-corrected chi connectivity index (χ1v) is 7.99. The first-order chi connectivity index (χ1) is 12.6. The molecule has 7 heteroatoms. The number of rotatable bonds is 6. The zero-order valence-corrected chi connectivity index (χ0v) is 15.4. The fraction of sp³-hybridized carbons (Fsp3) is 0.263. The van der Waals surface area contributed by atoms with E-state index in [0.717, 1.165) is 28.0 Å². The van der Waals surface area contributed by atoms with Crippen molar-refractivity contribution in [1.29, 1.82) is 0 Å². The van der Waals surface area contributed by atoms with E-state index in [1.54, 1.807) is 40.6 Å². The molecule has 0 saturated heterocycles. The van der Waals surface area contributed by atoms with Crippen molar-refractivity contribution in [2.24, 2.45) is 0 Å². The van der Waals surface area contributed by atoms with E-state index >= 15 is 0 Å². The SMILES string of the molecule is COc1ccc2c(C)nc(Nc3cc(OC)c(OC)c(OC)c3)nc2c1. The summed E-state index contributed by atoms with van der Waals surface area (Å²) in [6.45, 7) is 1.94. The van der Waals surface area contributed by atoms with Gasteiger partial charge in [0.1, 0.15) is 5.75 Å². The number of fused-ring (bicyclic) bond motifs is 1. The summed E-state index contributed by atoms with van der Waals surface area (Å²) < 4.78 is 21.4. The van der Waals surface area contributed by atoms with Gasteiger partial charge in [-0.15, -0.1) is 0 Å². The average Bonchev–Trinajstić information content (AvgIpc) is 2.66. The summed E-state index contributed by atoms with van der Waals surface area (Å²) >= 11 is 0. The van der Waals surface area contributed by atoms with E-state index in [2.05, 4.69) is 15.3 Å². The molecule has 1 aromatic heterocycles. The number of ether oxygens (including phenoxy) is 4. The predicted molar refractivity (Wildman–Crippen MR) is 100 cm³/mol. The number of anilines is 2. The van der Waals surface area contributed by atoms with Gasteiger partial charge in [-0.25, -0.2) is 9.97 Å². The highest BCUT2D eigenvalue weighted by molar-refractivity contribution is 5.83. The minimum atomic E-state index is 0.470. The highest BCUT2D eigenvalue weighted by atomic mass is 16.5. The van der Waals surface area contributed by atoms with Crippen LogP contribution < -0.4 is 24.3 Å². The van der Waals surface area contributed by atoms with Crippen molar-refractivity contribution in [1.82, 2.24) is 9.97 Å². The van der Waals surface area contributed by atoms with Crippen LogP contribution in [0.25, 0.3) is 10.9 Å². The third-order valence-electron chi connectivity index (χ3n) is 4.02. The Morgan fingerprint density at radius 2 is 1.50 bits per heavy atom. The van der Waals surface area contributed by atoms with Crippen molar-refractivity contribution in [2.45, 2.75) is 6.92 Å². The van der Waals surface area contributed by atoms with Gasteiger partial charge in [-0.3, -0.25) is 0 Å². The van der Waals surface area contributed by atoms with Crippen LogP contribution in [0.4, 0.5) is 11.6 Å². The van der Waals surface area contributed by atoms with E-state index in [1.807, 2.05) is 25.1 Å². The van der Waals surface area contributed by atoms with Crippen molar-refractivity contribution in [2.75, 3.05) is 33.8 Å². The molecule has 0 radical (unpaired) electrons. The van der Waals surface area contributed by atoms with E-state index in [4.69, 9.17) is 18.9 Å². The Balaban J connectivity index is 2.03. The number of nitrogens with one attached hydrogen (secondary N) is 1. The molecule has 7 nitrogen and oxygen atoms in total. The first-order valence-electron chi connectivity index (χ1n) is 7.99. The van der Waals surface area contributed by atoms with Gasteiger partial charge in [0, 0.05) is 29.3 Å². The molecule has 0 atom stereocenters. The molecule has 0 spiro atoms. The Bertz CT molecular complexity index is 918. The maximum atomic E-state index is 5.38. The van der Waals surface area contributed by atoms with Gasteiger partial charge >= 0.3 is 0 Å². The Labute approximate surface area is 151 Å². The highest BCUT2D eigenvalue weighted by Crippen LogP contribution is 2.40. The number of hydrogen-bond acceptors (Lipinski definition) is 7. The molecule has 26 heavy (non-hydrogen) atoms. The molecule has 0 amide bonds. The van der Waals surface area contributed by atoms with E-state index in [-0.39, 0.29) is 0 Å². The smallest absolute Gasteiger partial charge is 0.228 e. The summed E-state index contributed by atoms with van der Waals surface area (Å²) in [5, 5.41) is 4.17. The molecular formula is C19H21N3O4. The molecule has 0 aliphatic rings. The molecule has 0 aliphatic carbocycles. The molecule has 1 heterocycles. The lowest BCUT2D eigenvalue weighted by atomic mass is 10.2. The molecule has 3 aromatic rings. The maximum Gasteiger partial charge on any atom is 0.228 e. The molecule has 1 N–H and O–H groups in total. The number of aryl methyl sites for hydroxylation is 1. The standard InChI is InChI=1S/C19H21N3O4/c1-11-14-7-6-13(23-2)10-15(14)22-19(20-11)21-12-8-16(24-3)18(26-5)17(9-12)25-4/h6-10H,1-5H3,(H,20,21,22). The summed E-state index contributed by atoms with van der Waals surface area (Å²) in [6.07, 6.45) is 0. The van der Waals surface area contributed by atoms with Gasteiger partial charge in [0.25, 0.3) is 0 Å². The van der Waals surface area contributed by atoms with E-state index in [0.29, 0.717) is 23.2 Å². The third kappa shape index (κ3) is 3.28. The predicted octanol–water partition coefficient (Wildman–Crippen LogP) is 3.72. The second-order valence-corrected chi connectivity index (χ2v) is 5.55. The maximum absolute atomic E-state index is 5.38. The van der Waals surface area contributed by atoms with Crippen LogP contribution >= 0.6 is 0 Å². The number of hydrogen-bond donors (Lipinski definition) is 1. The van der Waals surface area contributed by atoms with Crippen LogP contribution in [0.2, 0.25) is 0 Å². The molecule has 136 valence electrons. The van der Waals surface area contributed by atoms with Gasteiger partial charge < -0.3 is 24.3 Å². The van der Waals surface area contributed by atoms with Gasteiger partial charge in [-0.2, -0.15) is 0 Å². The lowest BCUT2D eigenvalue weighted by Crippen LogP contribution is -2.02. The lowest BCUT2D eigenvalue weighted by molar-refractivity contribution is 0.324. The van der Waals surface area contributed by atoms with E-state index in [9.17, 15) is 0 Å². The summed E-state index contributed by atoms with van der Waals surface area (Å²) in [6, 6.07) is 9.33. The van der Waals surface area contributed by atoms with Crippen molar-refractivity contribution >= 4 is 22.5 Å². The molecule has 0 unspecified atom stereocenters. The van der Waals surface area contributed by atoms with Gasteiger partial charge in [-0.05, 0) is 19.1 Å². The van der Waals surface area contributed by atoms with Crippen molar-refractivity contribution in [3.63, 3.8) is 0 Å². The Kier molecular flexibility index (Phi) is 4.97. The normalized spacial score (nSPS) is 10.5. The molecule has 3 rings (SSSR count). The lowest BCUT2D eigenvalue weighted by Gasteiger charge is -2.15. The Morgan fingerprint density at radius 3 is 2.08 bits per heavy atom. The Hall–Kier alpha value is -3.22. The monoisotopic (exact) mass is 355 g/mol. The second-order valence-electron chi connectivity index (χ2n) is 5.55. The topological polar surface area (TPSA) is 74.7 Å². The first kappa shape index (κ1) is 17.6. The summed E-state index contributed by atoms with van der Waals surface area (Å²) in [5.74, 6) is 2.84. The van der Waals surface area contributed by atoms with Crippen LogP contribution in [-0.2, 0) is 0 Å². The molecule has 0 bridgehead atoms. The second kappa shape index (κ2) is 7.35. The number of methoxy groups -OCH3 is 4. The Morgan fingerprint density at radius 1 is 0.808 bits per heavy atom. The number of nitrogens with zero attached hydrogens (tertiary/aromatic N) is 2. The zero-order valence-electron chi connectivity index (χ0n) is 15.4. The van der Waals surface area contributed by atoms with Crippen LogP contribution in [0.1, 0.15) is 5.69 Å². The minimum absolute atomic E-state index is 0.470. The van der Waals surface area contributed by atoms with Crippen LogP contribution in [0.5, 0.6) is 23.0 Å². The molecule has 0 fully saturated rings. The molecule has 2 aromatic carbocycles. The highest BCUT2D eigenvalue weighted by Gasteiger charge is 2.14. The van der Waals surface area contributed by atoms with Crippen LogP contribution in [0, 0.1) is 6.92 Å². The van der Waals surface area contributed by atoms with Crippen molar-refractivity contribution in [3.8, 4) is 23.0 Å². The largest absolute Gasteiger partial charge is 0.497 e. The molecule has 0 saturated carbocycles. The fourth-order valence-electron chi connectivity index (χ4n) is 2.73. The van der Waals surface area contributed by atoms with Gasteiger partial charge in [0.15, 0.2) is 11.5 Å². The zero-order chi connectivity index (χ0) is 18.7. The van der Waals surface area contributed by atoms with Crippen LogP contribution in [-0.4, -0.2) is 38.4 Å². The van der Waals surface area contributed by atoms with E-state index in [1.165, 1.54) is 0 Å². The fourth-order valence-corrected chi connectivity index (χ4v) is 2.73. The molecule has 0 aliphatic heterocycles. The van der Waals surface area contributed by atoms with Crippen molar-refractivity contribution < 1.29 is 18.9 Å².